The molecule has 0 aliphatic carbocycles. The summed E-state index contributed by atoms with van der Waals surface area (Å²) in [6, 6.07) is 5.41. The number of carboxylic acid groups (broad SMARTS) is 1. The van der Waals surface area contributed by atoms with Crippen LogP contribution in [0.25, 0.3) is 0 Å². The summed E-state index contributed by atoms with van der Waals surface area (Å²) in [5.41, 5.74) is -0.304. The van der Waals surface area contributed by atoms with Crippen LogP contribution in [-0.2, 0) is 16.0 Å². The Morgan fingerprint density at radius 1 is 1.48 bits per heavy atom. The van der Waals surface area contributed by atoms with Crippen LogP contribution in [0.4, 0.5) is 0 Å². The van der Waals surface area contributed by atoms with E-state index in [9.17, 15) is 14.7 Å². The summed E-state index contributed by atoms with van der Waals surface area (Å²) in [6.07, 6.45) is 1.36. The van der Waals surface area contributed by atoms with E-state index in [4.69, 9.17) is 4.74 Å². The fourth-order valence-electron chi connectivity index (χ4n) is 2.66. The second kappa shape index (κ2) is 6.05. The molecule has 1 aromatic carbocycles. The molecule has 1 heterocycles. The van der Waals surface area contributed by atoms with Crippen molar-refractivity contribution in [2.24, 2.45) is 0 Å². The zero-order valence-electron chi connectivity index (χ0n) is 12.1. The van der Waals surface area contributed by atoms with Crippen LogP contribution in [0.5, 0.6) is 5.75 Å². The van der Waals surface area contributed by atoms with E-state index in [1.165, 1.54) is 4.90 Å². The Balaban J connectivity index is 2.20. The van der Waals surface area contributed by atoms with Crippen LogP contribution in [0.15, 0.2) is 22.7 Å². The molecule has 0 radical (unpaired) electrons. The molecular formula is C15H18BrNO4. The fourth-order valence-corrected chi connectivity index (χ4v) is 3.04. The average molecular weight is 356 g/mol. The molecule has 2 rings (SSSR count). The Bertz CT molecular complexity index is 575. The van der Waals surface area contributed by atoms with Gasteiger partial charge in [0.05, 0.1) is 13.5 Å². The normalized spacial score (nSPS) is 21.4. The van der Waals surface area contributed by atoms with E-state index < -0.39 is 11.5 Å². The number of likely N-dealkylation sites (tertiary alicyclic amines) is 1. The van der Waals surface area contributed by atoms with Crippen molar-refractivity contribution in [2.45, 2.75) is 31.7 Å². The first-order chi connectivity index (χ1) is 9.88. The van der Waals surface area contributed by atoms with Crippen molar-refractivity contribution >= 4 is 27.8 Å². The maximum Gasteiger partial charge on any atom is 0.329 e. The standard InChI is InChI=1S/C15H18BrNO4/c1-15(14(19)20)6-3-7-17(15)13(18)9-10-8-11(21-2)4-5-12(10)16/h4-5,8H,3,6-7,9H2,1-2H3,(H,19,20). The first-order valence-corrected chi connectivity index (χ1v) is 7.54. The number of nitrogens with zero attached hydrogens (tertiary/aromatic N) is 1. The van der Waals surface area contributed by atoms with Crippen LogP contribution in [-0.4, -0.2) is 41.1 Å². The van der Waals surface area contributed by atoms with Gasteiger partial charge in [-0.2, -0.15) is 0 Å². The van der Waals surface area contributed by atoms with Gasteiger partial charge >= 0.3 is 5.97 Å². The highest BCUT2D eigenvalue weighted by Gasteiger charge is 2.45. The third-order valence-electron chi connectivity index (χ3n) is 4.00. The molecule has 1 aliphatic rings. The predicted octanol–water partition coefficient (Wildman–Crippen LogP) is 2.47. The summed E-state index contributed by atoms with van der Waals surface area (Å²) < 4.78 is 5.97. The quantitative estimate of drug-likeness (QED) is 0.900. The van der Waals surface area contributed by atoms with Crippen LogP contribution in [0, 0.1) is 0 Å². The molecule has 1 N–H and O–H groups in total. The predicted molar refractivity (Wildman–Crippen MR) is 81.4 cm³/mol. The molecule has 1 saturated heterocycles. The van der Waals surface area contributed by atoms with E-state index in [0.29, 0.717) is 25.1 Å². The number of rotatable bonds is 4. The molecule has 1 fully saturated rings. The van der Waals surface area contributed by atoms with Gasteiger partial charge in [0, 0.05) is 11.0 Å². The number of carboxylic acids is 1. The summed E-state index contributed by atoms with van der Waals surface area (Å²) >= 11 is 3.41. The van der Waals surface area contributed by atoms with Gasteiger partial charge < -0.3 is 14.7 Å². The van der Waals surface area contributed by atoms with Gasteiger partial charge in [-0.25, -0.2) is 4.79 Å². The van der Waals surface area contributed by atoms with Crippen LogP contribution in [0.3, 0.4) is 0 Å². The minimum atomic E-state index is -1.09. The van der Waals surface area contributed by atoms with E-state index >= 15 is 0 Å². The summed E-state index contributed by atoms with van der Waals surface area (Å²) in [4.78, 5) is 25.4. The Kier molecular flexibility index (Phi) is 4.56. The van der Waals surface area contributed by atoms with Crippen LogP contribution >= 0.6 is 15.9 Å². The Morgan fingerprint density at radius 3 is 2.81 bits per heavy atom. The highest BCUT2D eigenvalue weighted by Crippen LogP contribution is 2.31. The van der Waals surface area contributed by atoms with Crippen molar-refractivity contribution in [3.8, 4) is 5.75 Å². The van der Waals surface area contributed by atoms with Gasteiger partial charge in [-0.15, -0.1) is 0 Å². The van der Waals surface area contributed by atoms with Gasteiger partial charge in [0.2, 0.25) is 5.91 Å². The summed E-state index contributed by atoms with van der Waals surface area (Å²) in [6.45, 7) is 2.10. The van der Waals surface area contributed by atoms with E-state index in [2.05, 4.69) is 15.9 Å². The van der Waals surface area contributed by atoms with Crippen LogP contribution in [0.2, 0.25) is 0 Å². The topological polar surface area (TPSA) is 66.8 Å². The number of ether oxygens (including phenoxy) is 1. The van der Waals surface area contributed by atoms with Gasteiger partial charge in [0.15, 0.2) is 0 Å². The van der Waals surface area contributed by atoms with E-state index in [1.54, 1.807) is 26.2 Å². The van der Waals surface area contributed by atoms with Crippen molar-refractivity contribution in [3.05, 3.63) is 28.2 Å². The molecule has 6 heteroatoms. The van der Waals surface area contributed by atoms with Crippen LogP contribution < -0.4 is 4.74 Å². The number of hydrogen-bond acceptors (Lipinski definition) is 3. The first-order valence-electron chi connectivity index (χ1n) is 6.75. The highest BCUT2D eigenvalue weighted by atomic mass is 79.9. The lowest BCUT2D eigenvalue weighted by Crippen LogP contribution is -2.51. The third-order valence-corrected chi connectivity index (χ3v) is 4.77. The number of methoxy groups -OCH3 is 1. The molecule has 114 valence electrons. The number of amides is 1. The molecule has 0 aromatic heterocycles. The second-order valence-corrected chi connectivity index (χ2v) is 6.22. The van der Waals surface area contributed by atoms with Gasteiger partial charge in [-0.05, 0) is 43.5 Å². The first kappa shape index (κ1) is 15.8. The van der Waals surface area contributed by atoms with E-state index in [0.717, 1.165) is 10.0 Å². The third kappa shape index (κ3) is 3.05. The van der Waals surface area contributed by atoms with Crippen molar-refractivity contribution < 1.29 is 19.4 Å². The molecule has 21 heavy (non-hydrogen) atoms. The lowest BCUT2D eigenvalue weighted by atomic mass is 9.98. The fraction of sp³-hybridized carbons (Fsp3) is 0.467. The molecule has 1 aliphatic heterocycles. The van der Waals surface area contributed by atoms with Gasteiger partial charge in [0.1, 0.15) is 11.3 Å². The molecular weight excluding hydrogens is 338 g/mol. The maximum atomic E-state index is 12.5. The lowest BCUT2D eigenvalue weighted by molar-refractivity contribution is -0.155. The number of halogens is 1. The minimum Gasteiger partial charge on any atom is -0.497 e. The van der Waals surface area contributed by atoms with Gasteiger partial charge in [-0.1, -0.05) is 15.9 Å². The maximum absolute atomic E-state index is 12.5. The molecule has 5 nitrogen and oxygen atoms in total. The molecule has 0 bridgehead atoms. The minimum absolute atomic E-state index is 0.153. The molecule has 0 saturated carbocycles. The highest BCUT2D eigenvalue weighted by molar-refractivity contribution is 9.10. The lowest BCUT2D eigenvalue weighted by Gasteiger charge is -2.31. The zero-order valence-corrected chi connectivity index (χ0v) is 13.6. The Labute approximate surface area is 132 Å². The number of carbonyl (C=O) groups is 2. The Morgan fingerprint density at radius 2 is 2.19 bits per heavy atom. The van der Waals surface area contributed by atoms with E-state index in [-0.39, 0.29) is 12.3 Å². The van der Waals surface area contributed by atoms with Crippen molar-refractivity contribution in [3.63, 3.8) is 0 Å². The smallest absolute Gasteiger partial charge is 0.329 e. The number of hydrogen-bond donors (Lipinski definition) is 1. The van der Waals surface area contributed by atoms with Gasteiger partial charge in [0.25, 0.3) is 0 Å². The van der Waals surface area contributed by atoms with Gasteiger partial charge in [-0.3, -0.25) is 4.79 Å². The summed E-state index contributed by atoms with van der Waals surface area (Å²) in [7, 11) is 1.57. The number of benzene rings is 1. The zero-order chi connectivity index (χ0) is 15.6. The van der Waals surface area contributed by atoms with Crippen molar-refractivity contribution in [1.82, 2.24) is 4.90 Å². The molecule has 0 spiro atoms. The molecule has 1 atom stereocenters. The number of carbonyl (C=O) groups excluding carboxylic acids is 1. The molecule has 1 aromatic rings. The Hall–Kier alpha value is -1.56. The number of aliphatic carboxylic acids is 1. The van der Waals surface area contributed by atoms with E-state index in [1.807, 2.05) is 6.07 Å². The summed E-state index contributed by atoms with van der Waals surface area (Å²) in [5, 5.41) is 9.37. The molecule has 1 unspecified atom stereocenters. The van der Waals surface area contributed by atoms with Crippen LogP contribution in [0.1, 0.15) is 25.3 Å². The summed E-state index contributed by atoms with van der Waals surface area (Å²) in [5.74, 6) is -0.451. The molecule has 1 amide bonds. The average Bonchev–Trinajstić information content (AvgIpc) is 2.85. The monoisotopic (exact) mass is 355 g/mol. The van der Waals surface area contributed by atoms with Crippen molar-refractivity contribution in [1.29, 1.82) is 0 Å². The van der Waals surface area contributed by atoms with Crippen molar-refractivity contribution in [2.75, 3.05) is 13.7 Å². The second-order valence-electron chi connectivity index (χ2n) is 5.36. The largest absolute Gasteiger partial charge is 0.497 e. The SMILES string of the molecule is COc1ccc(Br)c(CC(=O)N2CCCC2(C)C(=O)O)c1.